The molecule has 3 nitrogen and oxygen atoms in total. The number of rotatable bonds is 3. The van der Waals surface area contributed by atoms with Gasteiger partial charge >= 0.3 is 0 Å². The van der Waals surface area contributed by atoms with Gasteiger partial charge in [-0.3, -0.25) is 4.98 Å². The van der Waals surface area contributed by atoms with Crippen molar-refractivity contribution in [3.8, 4) is 0 Å². The Morgan fingerprint density at radius 3 is 2.54 bits per heavy atom. The molecule has 0 atom stereocenters. The largest absolute Gasteiger partial charge is 0.411 e. The summed E-state index contributed by atoms with van der Waals surface area (Å²) in [6, 6.07) is 3.69. The lowest BCUT2D eigenvalue weighted by atomic mass is 10.0. The molecule has 1 aromatic rings. The molecular formula is C10H14N2O. The third kappa shape index (κ3) is 2.86. The molecule has 0 amide bonds. The van der Waals surface area contributed by atoms with Gasteiger partial charge in [-0.25, -0.2) is 0 Å². The zero-order chi connectivity index (χ0) is 9.68. The summed E-state index contributed by atoms with van der Waals surface area (Å²) in [4.78, 5) is 3.90. The number of hydrogen-bond donors (Lipinski definition) is 1. The predicted octanol–water partition coefficient (Wildman–Crippen LogP) is 2.31. The minimum absolute atomic E-state index is 0.485. The molecule has 0 aromatic carbocycles. The molecule has 70 valence electrons. The molecule has 0 bridgehead atoms. The van der Waals surface area contributed by atoms with Crippen molar-refractivity contribution in [2.24, 2.45) is 11.1 Å². The van der Waals surface area contributed by atoms with Gasteiger partial charge < -0.3 is 5.21 Å². The Bertz CT molecular complexity index is 280. The van der Waals surface area contributed by atoms with Crippen LogP contribution < -0.4 is 0 Å². The van der Waals surface area contributed by atoms with Crippen LogP contribution in [0, 0.1) is 5.92 Å². The smallest absolute Gasteiger partial charge is 0.0871 e. The lowest BCUT2D eigenvalue weighted by Crippen LogP contribution is -2.05. The number of aromatic nitrogens is 1. The van der Waals surface area contributed by atoms with Crippen LogP contribution in [0.25, 0.3) is 0 Å². The van der Waals surface area contributed by atoms with E-state index in [0.717, 1.165) is 17.7 Å². The molecule has 3 heteroatoms. The van der Waals surface area contributed by atoms with Crippen molar-refractivity contribution in [3.63, 3.8) is 0 Å². The highest BCUT2D eigenvalue weighted by Crippen LogP contribution is 2.08. The number of pyridine rings is 1. The molecule has 0 saturated heterocycles. The first-order chi connectivity index (χ1) is 6.24. The zero-order valence-electron chi connectivity index (χ0n) is 7.94. The maximum atomic E-state index is 8.80. The van der Waals surface area contributed by atoms with Crippen molar-refractivity contribution in [1.29, 1.82) is 0 Å². The van der Waals surface area contributed by atoms with Crippen LogP contribution in [0.15, 0.2) is 29.7 Å². The van der Waals surface area contributed by atoms with E-state index in [1.165, 1.54) is 0 Å². The molecule has 0 saturated carbocycles. The van der Waals surface area contributed by atoms with Gasteiger partial charge in [0.2, 0.25) is 0 Å². The Hall–Kier alpha value is -1.38. The number of oxime groups is 1. The summed E-state index contributed by atoms with van der Waals surface area (Å²) in [5.41, 5.74) is 1.66. The van der Waals surface area contributed by atoms with E-state index in [4.69, 9.17) is 5.21 Å². The van der Waals surface area contributed by atoms with E-state index in [-0.39, 0.29) is 0 Å². The minimum atomic E-state index is 0.485. The van der Waals surface area contributed by atoms with E-state index in [1.54, 1.807) is 12.4 Å². The molecular weight excluding hydrogens is 164 g/mol. The van der Waals surface area contributed by atoms with Gasteiger partial charge in [-0.2, -0.15) is 0 Å². The molecule has 0 radical (unpaired) electrons. The Morgan fingerprint density at radius 2 is 2.08 bits per heavy atom. The number of nitrogens with zero attached hydrogens (tertiary/aromatic N) is 2. The van der Waals surface area contributed by atoms with E-state index in [1.807, 2.05) is 12.1 Å². The van der Waals surface area contributed by atoms with Crippen LogP contribution in [0.1, 0.15) is 25.8 Å². The molecule has 1 N–H and O–H groups in total. The Kier molecular flexibility index (Phi) is 3.43. The third-order valence-corrected chi connectivity index (χ3v) is 1.74. The standard InChI is InChI=1S/C10H14N2O/c1-8(2)7-10(12-13)9-3-5-11-6-4-9/h3-6,8,13H,7H2,1-2H3. The fourth-order valence-corrected chi connectivity index (χ4v) is 1.15. The van der Waals surface area contributed by atoms with Gasteiger partial charge in [-0.15, -0.1) is 0 Å². The monoisotopic (exact) mass is 178 g/mol. The predicted molar refractivity (Wildman–Crippen MR) is 52.0 cm³/mol. The first-order valence-corrected chi connectivity index (χ1v) is 4.35. The minimum Gasteiger partial charge on any atom is -0.411 e. The topological polar surface area (TPSA) is 45.5 Å². The summed E-state index contributed by atoms with van der Waals surface area (Å²) >= 11 is 0. The van der Waals surface area contributed by atoms with E-state index < -0.39 is 0 Å². The average molecular weight is 178 g/mol. The first-order valence-electron chi connectivity index (χ1n) is 4.35. The van der Waals surface area contributed by atoms with E-state index in [9.17, 15) is 0 Å². The Morgan fingerprint density at radius 1 is 1.46 bits per heavy atom. The molecule has 0 unspecified atom stereocenters. The van der Waals surface area contributed by atoms with Gasteiger partial charge in [0.05, 0.1) is 5.71 Å². The van der Waals surface area contributed by atoms with Crippen molar-refractivity contribution in [1.82, 2.24) is 4.98 Å². The van der Waals surface area contributed by atoms with Gasteiger partial charge in [-0.05, 0) is 24.5 Å². The highest BCUT2D eigenvalue weighted by atomic mass is 16.4. The van der Waals surface area contributed by atoms with Gasteiger partial charge in [-0.1, -0.05) is 19.0 Å². The summed E-state index contributed by atoms with van der Waals surface area (Å²) in [6.07, 6.45) is 4.17. The second kappa shape index (κ2) is 4.60. The van der Waals surface area contributed by atoms with Crippen LogP contribution in [0.5, 0.6) is 0 Å². The van der Waals surface area contributed by atoms with Gasteiger partial charge in [0.25, 0.3) is 0 Å². The summed E-state index contributed by atoms with van der Waals surface area (Å²) in [5.74, 6) is 0.485. The van der Waals surface area contributed by atoms with Crippen molar-refractivity contribution in [2.45, 2.75) is 20.3 Å². The van der Waals surface area contributed by atoms with E-state index >= 15 is 0 Å². The molecule has 0 fully saturated rings. The molecule has 13 heavy (non-hydrogen) atoms. The zero-order valence-corrected chi connectivity index (χ0v) is 7.94. The maximum absolute atomic E-state index is 8.80. The van der Waals surface area contributed by atoms with Gasteiger partial charge in [0, 0.05) is 18.0 Å². The van der Waals surface area contributed by atoms with Crippen molar-refractivity contribution in [2.75, 3.05) is 0 Å². The molecule has 0 aliphatic heterocycles. The highest BCUT2D eigenvalue weighted by Gasteiger charge is 2.05. The maximum Gasteiger partial charge on any atom is 0.0871 e. The third-order valence-electron chi connectivity index (χ3n) is 1.74. The summed E-state index contributed by atoms with van der Waals surface area (Å²) in [7, 11) is 0. The summed E-state index contributed by atoms with van der Waals surface area (Å²) in [5, 5.41) is 12.1. The Balaban J connectivity index is 2.80. The summed E-state index contributed by atoms with van der Waals surface area (Å²) in [6.45, 7) is 4.18. The SMILES string of the molecule is CC(C)CC(=NO)c1ccncc1. The quantitative estimate of drug-likeness (QED) is 0.438. The first kappa shape index (κ1) is 9.71. The van der Waals surface area contributed by atoms with E-state index in [2.05, 4.69) is 24.0 Å². The second-order valence-electron chi connectivity index (χ2n) is 3.38. The van der Waals surface area contributed by atoms with Crippen LogP contribution in [0.3, 0.4) is 0 Å². The molecule has 1 aromatic heterocycles. The van der Waals surface area contributed by atoms with Gasteiger partial charge in [0.1, 0.15) is 0 Å². The normalized spacial score (nSPS) is 12.1. The van der Waals surface area contributed by atoms with Crippen LogP contribution in [0.4, 0.5) is 0 Å². The average Bonchev–Trinajstić information content (AvgIpc) is 2.15. The Labute approximate surface area is 78.1 Å². The van der Waals surface area contributed by atoms with Crippen LogP contribution in [0.2, 0.25) is 0 Å². The van der Waals surface area contributed by atoms with Crippen LogP contribution in [-0.4, -0.2) is 15.9 Å². The van der Waals surface area contributed by atoms with Crippen LogP contribution >= 0.6 is 0 Å². The molecule has 0 aliphatic rings. The molecule has 0 spiro atoms. The van der Waals surface area contributed by atoms with E-state index in [0.29, 0.717) is 5.92 Å². The van der Waals surface area contributed by atoms with Gasteiger partial charge in [0.15, 0.2) is 0 Å². The lowest BCUT2D eigenvalue weighted by molar-refractivity contribution is 0.317. The fraction of sp³-hybridized carbons (Fsp3) is 0.400. The lowest BCUT2D eigenvalue weighted by Gasteiger charge is -2.06. The molecule has 1 rings (SSSR count). The molecule has 0 aliphatic carbocycles. The van der Waals surface area contributed by atoms with Crippen molar-refractivity contribution in [3.05, 3.63) is 30.1 Å². The number of hydrogen-bond acceptors (Lipinski definition) is 3. The highest BCUT2D eigenvalue weighted by molar-refractivity contribution is 6.00. The van der Waals surface area contributed by atoms with Crippen molar-refractivity contribution < 1.29 is 5.21 Å². The summed E-state index contributed by atoms with van der Waals surface area (Å²) < 4.78 is 0. The second-order valence-corrected chi connectivity index (χ2v) is 3.38. The fourth-order valence-electron chi connectivity index (χ4n) is 1.15. The molecule has 1 heterocycles. The van der Waals surface area contributed by atoms with Crippen molar-refractivity contribution >= 4 is 5.71 Å². The van der Waals surface area contributed by atoms with Crippen LogP contribution in [-0.2, 0) is 0 Å².